The standard InChI is InChI=1S/C15H21N3O/c1-15(2,3)12-9-13-16-11(10-6-4-5-7-10)8-14(19)18(13)17-12/h8-10,17H,4-7H2,1-3H3. The highest BCUT2D eigenvalue weighted by molar-refractivity contribution is 5.42. The van der Waals surface area contributed by atoms with Gasteiger partial charge in [0.05, 0.1) is 5.69 Å². The van der Waals surface area contributed by atoms with Gasteiger partial charge in [-0.05, 0) is 12.8 Å². The Hall–Kier alpha value is -1.58. The summed E-state index contributed by atoms with van der Waals surface area (Å²) in [5.74, 6) is 0.477. The van der Waals surface area contributed by atoms with Crippen LogP contribution < -0.4 is 5.56 Å². The van der Waals surface area contributed by atoms with Crippen LogP contribution in [0.25, 0.3) is 5.65 Å². The third-order valence-corrected chi connectivity index (χ3v) is 4.05. The van der Waals surface area contributed by atoms with E-state index >= 15 is 0 Å². The van der Waals surface area contributed by atoms with E-state index in [2.05, 4.69) is 30.9 Å². The van der Waals surface area contributed by atoms with E-state index < -0.39 is 0 Å². The Morgan fingerprint density at radius 3 is 2.58 bits per heavy atom. The van der Waals surface area contributed by atoms with Gasteiger partial charge in [-0.1, -0.05) is 33.6 Å². The topological polar surface area (TPSA) is 50.2 Å². The van der Waals surface area contributed by atoms with Crippen molar-refractivity contribution < 1.29 is 0 Å². The summed E-state index contributed by atoms with van der Waals surface area (Å²) in [6.45, 7) is 6.38. The Bertz CT molecular complexity index is 654. The maximum Gasteiger partial charge on any atom is 0.272 e. The van der Waals surface area contributed by atoms with E-state index in [1.807, 2.05) is 6.07 Å². The molecule has 0 spiro atoms. The molecular weight excluding hydrogens is 238 g/mol. The molecule has 1 saturated carbocycles. The van der Waals surface area contributed by atoms with Crippen molar-refractivity contribution in [2.24, 2.45) is 0 Å². The molecule has 2 aromatic rings. The van der Waals surface area contributed by atoms with Crippen LogP contribution in [0.1, 0.15) is 63.8 Å². The van der Waals surface area contributed by atoms with Crippen LogP contribution in [0.2, 0.25) is 0 Å². The monoisotopic (exact) mass is 259 g/mol. The summed E-state index contributed by atoms with van der Waals surface area (Å²) < 4.78 is 1.55. The lowest BCUT2D eigenvalue weighted by Crippen LogP contribution is -2.18. The molecule has 0 aliphatic heterocycles. The largest absolute Gasteiger partial charge is 0.293 e. The molecule has 4 heteroatoms. The number of hydrogen-bond acceptors (Lipinski definition) is 2. The Labute approximate surface area is 112 Å². The Morgan fingerprint density at radius 1 is 1.26 bits per heavy atom. The number of nitrogens with zero attached hydrogens (tertiary/aromatic N) is 2. The van der Waals surface area contributed by atoms with Crippen molar-refractivity contribution >= 4 is 5.65 Å². The predicted molar refractivity (Wildman–Crippen MR) is 75.7 cm³/mol. The first-order chi connectivity index (χ1) is 8.95. The van der Waals surface area contributed by atoms with Crippen LogP contribution in [0.4, 0.5) is 0 Å². The van der Waals surface area contributed by atoms with E-state index in [-0.39, 0.29) is 11.0 Å². The molecule has 2 heterocycles. The Morgan fingerprint density at radius 2 is 1.95 bits per heavy atom. The summed E-state index contributed by atoms with van der Waals surface area (Å²) in [6.07, 6.45) is 4.84. The van der Waals surface area contributed by atoms with Crippen LogP contribution in [0.15, 0.2) is 16.9 Å². The molecule has 19 heavy (non-hydrogen) atoms. The minimum absolute atomic E-state index is 0.00222. The summed E-state index contributed by atoms with van der Waals surface area (Å²) in [6, 6.07) is 3.70. The predicted octanol–water partition coefficient (Wildman–Crippen LogP) is 2.98. The zero-order valence-corrected chi connectivity index (χ0v) is 11.9. The van der Waals surface area contributed by atoms with Gasteiger partial charge in [0.25, 0.3) is 5.56 Å². The smallest absolute Gasteiger partial charge is 0.272 e. The number of fused-ring (bicyclic) bond motifs is 1. The lowest BCUT2D eigenvalue weighted by Gasteiger charge is -2.14. The number of nitrogens with one attached hydrogen (secondary N) is 1. The molecule has 1 N–H and O–H groups in total. The molecule has 3 rings (SSSR count). The van der Waals surface area contributed by atoms with Crippen molar-refractivity contribution in [3.63, 3.8) is 0 Å². The van der Waals surface area contributed by atoms with Gasteiger partial charge in [-0.2, -0.15) is 0 Å². The molecule has 102 valence electrons. The van der Waals surface area contributed by atoms with E-state index in [9.17, 15) is 4.79 Å². The van der Waals surface area contributed by atoms with Crippen molar-refractivity contribution in [2.75, 3.05) is 0 Å². The second kappa shape index (κ2) is 4.22. The summed E-state index contributed by atoms with van der Waals surface area (Å²) in [4.78, 5) is 16.9. The summed E-state index contributed by atoms with van der Waals surface area (Å²) in [7, 11) is 0. The van der Waals surface area contributed by atoms with E-state index in [1.54, 1.807) is 10.6 Å². The van der Waals surface area contributed by atoms with Gasteiger partial charge in [0.15, 0.2) is 5.65 Å². The molecular formula is C15H21N3O. The van der Waals surface area contributed by atoms with Crippen LogP contribution >= 0.6 is 0 Å². The molecule has 1 aliphatic carbocycles. The molecule has 0 unspecified atom stereocenters. The van der Waals surface area contributed by atoms with Gasteiger partial charge in [-0.25, -0.2) is 9.50 Å². The van der Waals surface area contributed by atoms with Gasteiger partial charge in [-0.3, -0.25) is 9.89 Å². The van der Waals surface area contributed by atoms with Crippen molar-refractivity contribution in [3.8, 4) is 0 Å². The second-order valence-corrected chi connectivity index (χ2v) is 6.61. The van der Waals surface area contributed by atoms with Crippen LogP contribution in [-0.2, 0) is 5.41 Å². The number of H-pyrrole nitrogens is 1. The van der Waals surface area contributed by atoms with Crippen LogP contribution in [-0.4, -0.2) is 14.6 Å². The molecule has 0 bridgehead atoms. The third kappa shape index (κ3) is 2.20. The average Bonchev–Trinajstić information content (AvgIpc) is 2.96. The molecule has 0 atom stereocenters. The fraction of sp³-hybridized carbons (Fsp3) is 0.600. The molecule has 1 fully saturated rings. The molecule has 0 saturated heterocycles. The number of aromatic amines is 1. The zero-order valence-electron chi connectivity index (χ0n) is 11.9. The van der Waals surface area contributed by atoms with Gasteiger partial charge < -0.3 is 0 Å². The van der Waals surface area contributed by atoms with Gasteiger partial charge in [-0.15, -0.1) is 0 Å². The molecule has 0 amide bonds. The van der Waals surface area contributed by atoms with Crippen LogP contribution in [0.3, 0.4) is 0 Å². The van der Waals surface area contributed by atoms with Gasteiger partial charge in [0.1, 0.15) is 0 Å². The Balaban J connectivity index is 2.12. The van der Waals surface area contributed by atoms with Crippen molar-refractivity contribution in [1.29, 1.82) is 0 Å². The molecule has 0 aromatic carbocycles. The summed E-state index contributed by atoms with van der Waals surface area (Å²) in [5.41, 5.74) is 2.76. The quantitative estimate of drug-likeness (QED) is 0.856. The highest BCUT2D eigenvalue weighted by Crippen LogP contribution is 2.32. The van der Waals surface area contributed by atoms with Gasteiger partial charge in [0, 0.05) is 29.2 Å². The normalized spacial score (nSPS) is 17.4. The minimum atomic E-state index is -0.00629. The fourth-order valence-electron chi connectivity index (χ4n) is 2.82. The molecule has 1 aliphatic rings. The molecule has 4 nitrogen and oxygen atoms in total. The van der Waals surface area contributed by atoms with E-state index in [0.717, 1.165) is 17.0 Å². The van der Waals surface area contributed by atoms with E-state index in [0.29, 0.717) is 5.92 Å². The lowest BCUT2D eigenvalue weighted by atomic mass is 9.93. The second-order valence-electron chi connectivity index (χ2n) is 6.61. The third-order valence-electron chi connectivity index (χ3n) is 4.05. The van der Waals surface area contributed by atoms with Crippen LogP contribution in [0, 0.1) is 0 Å². The SMILES string of the molecule is CC(C)(C)c1cc2nc(C3CCCC3)cc(=O)n2[nH]1. The van der Waals surface area contributed by atoms with Crippen LogP contribution in [0.5, 0.6) is 0 Å². The first-order valence-corrected chi connectivity index (χ1v) is 7.08. The van der Waals surface area contributed by atoms with Gasteiger partial charge >= 0.3 is 0 Å². The highest BCUT2D eigenvalue weighted by Gasteiger charge is 2.21. The first kappa shape index (κ1) is 12.5. The summed E-state index contributed by atoms with van der Waals surface area (Å²) >= 11 is 0. The fourth-order valence-corrected chi connectivity index (χ4v) is 2.82. The van der Waals surface area contributed by atoms with Gasteiger partial charge in [0.2, 0.25) is 0 Å². The highest BCUT2D eigenvalue weighted by atomic mass is 16.1. The average molecular weight is 259 g/mol. The van der Waals surface area contributed by atoms with Crippen molar-refractivity contribution in [2.45, 2.75) is 57.8 Å². The lowest BCUT2D eigenvalue weighted by molar-refractivity contribution is 0.561. The summed E-state index contributed by atoms with van der Waals surface area (Å²) in [5, 5.41) is 3.16. The molecule has 2 aromatic heterocycles. The minimum Gasteiger partial charge on any atom is -0.293 e. The Kier molecular flexibility index (Phi) is 2.77. The maximum absolute atomic E-state index is 12.2. The van der Waals surface area contributed by atoms with Crippen molar-refractivity contribution in [1.82, 2.24) is 14.6 Å². The van der Waals surface area contributed by atoms with E-state index in [1.165, 1.54) is 25.7 Å². The van der Waals surface area contributed by atoms with Crippen molar-refractivity contribution in [3.05, 3.63) is 33.9 Å². The molecule has 0 radical (unpaired) electrons. The maximum atomic E-state index is 12.2. The number of aromatic nitrogens is 3. The zero-order chi connectivity index (χ0) is 13.6. The number of hydrogen-bond donors (Lipinski definition) is 1. The number of rotatable bonds is 1. The van der Waals surface area contributed by atoms with E-state index in [4.69, 9.17) is 0 Å². The first-order valence-electron chi connectivity index (χ1n) is 7.08.